The maximum Gasteiger partial charge on any atom is 0.338 e. The molecule has 3 rings (SSSR count). The Hall–Kier alpha value is -2.28. The smallest absolute Gasteiger partial charge is 0.338 e. The average Bonchev–Trinajstić information content (AvgIpc) is 2.72. The van der Waals surface area contributed by atoms with Crippen LogP contribution >= 0.6 is 11.8 Å². The molecule has 1 amide bonds. The lowest BCUT2D eigenvalue weighted by Crippen LogP contribution is -2.42. The third kappa shape index (κ3) is 5.25. The van der Waals surface area contributed by atoms with Gasteiger partial charge in [-0.25, -0.2) is 9.79 Å². The van der Waals surface area contributed by atoms with Gasteiger partial charge in [-0.1, -0.05) is 44.7 Å². The number of anilines is 1. The first kappa shape index (κ1) is 22.4. The summed E-state index contributed by atoms with van der Waals surface area (Å²) in [5.74, 6) is 1.01. The van der Waals surface area contributed by atoms with E-state index in [1.165, 1.54) is 0 Å². The minimum absolute atomic E-state index is 0.0125. The summed E-state index contributed by atoms with van der Waals surface area (Å²) in [6.45, 7) is 9.15. The highest BCUT2D eigenvalue weighted by atomic mass is 32.2. The highest BCUT2D eigenvalue weighted by Gasteiger charge is 2.37. The molecule has 1 aromatic rings. The number of carbonyl (C=O) groups is 2. The highest BCUT2D eigenvalue weighted by molar-refractivity contribution is 8.13. The Bertz CT molecular complexity index is 846. The van der Waals surface area contributed by atoms with Crippen LogP contribution in [0.1, 0.15) is 58.6 Å². The standard InChI is InChI=1S/C23H31N3O3S/c1-5-7-19(27)25-18-10-8-17(9-11-18)21-20(22(28)29-14-15(2)3)16(4)24-23-26(21)12-6-13-30-23/h8-11,15,21H,5-7,12-14H2,1-4H3,(H,25,27). The van der Waals surface area contributed by atoms with E-state index in [0.29, 0.717) is 18.6 Å². The number of allylic oxidation sites excluding steroid dienone is 1. The van der Waals surface area contributed by atoms with Crippen molar-refractivity contribution in [2.45, 2.75) is 53.0 Å². The molecule has 0 aromatic heterocycles. The number of hydrogen-bond acceptors (Lipinski definition) is 6. The first-order valence-corrected chi connectivity index (χ1v) is 11.6. The normalized spacial score (nSPS) is 18.8. The summed E-state index contributed by atoms with van der Waals surface area (Å²) in [6.07, 6.45) is 2.36. The van der Waals surface area contributed by atoms with E-state index in [1.54, 1.807) is 11.8 Å². The summed E-state index contributed by atoms with van der Waals surface area (Å²) >= 11 is 1.73. The summed E-state index contributed by atoms with van der Waals surface area (Å²) in [7, 11) is 0. The Morgan fingerprint density at radius 3 is 2.70 bits per heavy atom. The fraction of sp³-hybridized carbons (Fsp3) is 0.522. The first-order chi connectivity index (χ1) is 14.4. The molecule has 0 spiro atoms. The van der Waals surface area contributed by atoms with Gasteiger partial charge < -0.3 is 15.0 Å². The Kier molecular flexibility index (Phi) is 7.58. The molecule has 0 bridgehead atoms. The molecule has 162 valence electrons. The summed E-state index contributed by atoms with van der Waals surface area (Å²) < 4.78 is 5.59. The van der Waals surface area contributed by atoms with Gasteiger partial charge in [0.25, 0.3) is 0 Å². The van der Waals surface area contributed by atoms with Crippen molar-refractivity contribution >= 4 is 34.5 Å². The number of nitrogens with zero attached hydrogens (tertiary/aromatic N) is 2. The summed E-state index contributed by atoms with van der Waals surface area (Å²) in [6, 6.07) is 7.54. The number of benzene rings is 1. The van der Waals surface area contributed by atoms with Crippen LogP contribution in [-0.4, -0.2) is 40.8 Å². The SMILES string of the molecule is CCCC(=O)Nc1ccc(C2C(C(=O)OCC(C)C)=C(C)N=C3SCCCN32)cc1. The number of nitrogens with one attached hydrogen (secondary N) is 1. The lowest BCUT2D eigenvalue weighted by Gasteiger charge is -2.40. The second-order valence-electron chi connectivity index (χ2n) is 8.10. The van der Waals surface area contributed by atoms with Gasteiger partial charge in [-0.05, 0) is 43.4 Å². The molecule has 30 heavy (non-hydrogen) atoms. The van der Waals surface area contributed by atoms with Crippen LogP contribution in [-0.2, 0) is 14.3 Å². The molecule has 0 aliphatic carbocycles. The van der Waals surface area contributed by atoms with Crippen LogP contribution in [0.15, 0.2) is 40.5 Å². The second-order valence-corrected chi connectivity index (χ2v) is 9.17. The molecule has 2 aliphatic heterocycles. The molecule has 6 nitrogen and oxygen atoms in total. The monoisotopic (exact) mass is 429 g/mol. The quantitative estimate of drug-likeness (QED) is 0.634. The summed E-state index contributed by atoms with van der Waals surface area (Å²) in [5, 5.41) is 3.88. The number of aliphatic imine (C=N–C) groups is 1. The van der Waals surface area contributed by atoms with Crippen molar-refractivity contribution in [3.8, 4) is 0 Å². The van der Waals surface area contributed by atoms with Crippen LogP contribution in [0.5, 0.6) is 0 Å². The van der Waals surface area contributed by atoms with Gasteiger partial charge in [0.2, 0.25) is 5.91 Å². The van der Waals surface area contributed by atoms with Crippen LogP contribution < -0.4 is 5.32 Å². The predicted octanol–water partition coefficient (Wildman–Crippen LogP) is 4.75. The van der Waals surface area contributed by atoms with Gasteiger partial charge in [0, 0.05) is 24.4 Å². The number of esters is 1. The van der Waals surface area contributed by atoms with E-state index in [2.05, 4.69) is 10.2 Å². The molecule has 1 atom stereocenters. The van der Waals surface area contributed by atoms with Crippen molar-refractivity contribution in [3.05, 3.63) is 41.1 Å². The second kappa shape index (κ2) is 10.2. The van der Waals surface area contributed by atoms with Crippen molar-refractivity contribution in [2.75, 3.05) is 24.2 Å². The largest absolute Gasteiger partial charge is 0.462 e. The number of amides is 1. The van der Waals surface area contributed by atoms with Gasteiger partial charge in [0.1, 0.15) is 0 Å². The first-order valence-electron chi connectivity index (χ1n) is 10.7. The molecule has 2 aliphatic rings. The maximum atomic E-state index is 13.0. The zero-order valence-electron chi connectivity index (χ0n) is 18.2. The molecule has 0 radical (unpaired) electrons. The van der Waals surface area contributed by atoms with Crippen molar-refractivity contribution in [1.82, 2.24) is 4.90 Å². The number of hydrogen-bond donors (Lipinski definition) is 1. The molecule has 1 aromatic carbocycles. The minimum atomic E-state index is -0.301. The summed E-state index contributed by atoms with van der Waals surface area (Å²) in [5.41, 5.74) is 3.08. The van der Waals surface area contributed by atoms with Crippen molar-refractivity contribution in [1.29, 1.82) is 0 Å². The Morgan fingerprint density at radius 1 is 1.30 bits per heavy atom. The van der Waals surface area contributed by atoms with Crippen LogP contribution in [0, 0.1) is 5.92 Å². The van der Waals surface area contributed by atoms with Gasteiger partial charge in [-0.15, -0.1) is 0 Å². The Morgan fingerprint density at radius 2 is 2.03 bits per heavy atom. The third-order valence-corrected chi connectivity index (χ3v) is 6.09. The van der Waals surface area contributed by atoms with E-state index in [-0.39, 0.29) is 23.8 Å². The van der Waals surface area contributed by atoms with Crippen molar-refractivity contribution < 1.29 is 14.3 Å². The van der Waals surface area contributed by atoms with E-state index in [9.17, 15) is 9.59 Å². The molecule has 0 saturated carbocycles. The predicted molar refractivity (Wildman–Crippen MR) is 122 cm³/mol. The van der Waals surface area contributed by atoms with Gasteiger partial charge >= 0.3 is 5.97 Å². The maximum absolute atomic E-state index is 13.0. The molecular formula is C23H31N3O3S. The fourth-order valence-corrected chi connectivity index (χ4v) is 4.62. The summed E-state index contributed by atoms with van der Waals surface area (Å²) in [4.78, 5) is 31.8. The van der Waals surface area contributed by atoms with Gasteiger partial charge in [-0.2, -0.15) is 0 Å². The van der Waals surface area contributed by atoms with Gasteiger partial charge in [0.05, 0.1) is 23.9 Å². The van der Waals surface area contributed by atoms with Crippen LogP contribution in [0.25, 0.3) is 0 Å². The highest BCUT2D eigenvalue weighted by Crippen LogP contribution is 2.40. The number of thioether (sulfide) groups is 1. The Balaban J connectivity index is 1.91. The molecule has 1 unspecified atom stereocenters. The van der Waals surface area contributed by atoms with Crippen molar-refractivity contribution in [2.24, 2.45) is 10.9 Å². The molecule has 1 fully saturated rings. The minimum Gasteiger partial charge on any atom is -0.462 e. The molecule has 7 heteroatoms. The van der Waals surface area contributed by atoms with Crippen molar-refractivity contribution in [3.63, 3.8) is 0 Å². The Labute approximate surface area is 183 Å². The van der Waals surface area contributed by atoms with Crippen LogP contribution in [0.4, 0.5) is 5.69 Å². The molecule has 1 saturated heterocycles. The van der Waals surface area contributed by atoms with E-state index < -0.39 is 0 Å². The average molecular weight is 430 g/mol. The fourth-order valence-electron chi connectivity index (χ4n) is 3.60. The van der Waals surface area contributed by atoms with Gasteiger partial charge in [-0.3, -0.25) is 4.79 Å². The van der Waals surface area contributed by atoms with Crippen LogP contribution in [0.3, 0.4) is 0 Å². The number of rotatable bonds is 7. The molecule has 1 N–H and O–H groups in total. The molecular weight excluding hydrogens is 398 g/mol. The number of carbonyl (C=O) groups excluding carboxylic acids is 2. The van der Waals surface area contributed by atoms with E-state index in [4.69, 9.17) is 9.73 Å². The number of fused-ring (bicyclic) bond motifs is 1. The van der Waals surface area contributed by atoms with Gasteiger partial charge in [0.15, 0.2) is 5.17 Å². The van der Waals surface area contributed by atoms with E-state index in [1.807, 2.05) is 52.0 Å². The van der Waals surface area contributed by atoms with E-state index in [0.717, 1.165) is 47.3 Å². The number of ether oxygens (including phenoxy) is 1. The zero-order chi connectivity index (χ0) is 21.7. The lowest BCUT2D eigenvalue weighted by molar-refractivity contribution is -0.140. The number of amidine groups is 1. The topological polar surface area (TPSA) is 71.0 Å². The van der Waals surface area contributed by atoms with Crippen LogP contribution in [0.2, 0.25) is 0 Å². The lowest BCUT2D eigenvalue weighted by atomic mass is 9.94. The molecule has 2 heterocycles. The third-order valence-electron chi connectivity index (χ3n) is 5.01. The zero-order valence-corrected chi connectivity index (χ0v) is 19.1. The van der Waals surface area contributed by atoms with E-state index >= 15 is 0 Å².